The van der Waals surface area contributed by atoms with Crippen molar-refractivity contribution < 1.29 is 9.53 Å². The molecule has 21 heavy (non-hydrogen) atoms. The number of benzene rings is 1. The van der Waals surface area contributed by atoms with Gasteiger partial charge in [0.2, 0.25) is 0 Å². The highest BCUT2D eigenvalue weighted by atomic mass is 16.5. The van der Waals surface area contributed by atoms with Crippen LogP contribution in [0.4, 0.5) is 0 Å². The fourth-order valence-electron chi connectivity index (χ4n) is 1.62. The number of rotatable bonds is 5. The molecule has 0 spiro atoms. The molecule has 5 nitrogen and oxygen atoms in total. The molecule has 0 saturated heterocycles. The van der Waals surface area contributed by atoms with Crippen LogP contribution in [0.1, 0.15) is 16.7 Å². The zero-order valence-corrected chi connectivity index (χ0v) is 12.0. The molecule has 0 aliphatic heterocycles. The van der Waals surface area contributed by atoms with E-state index in [9.17, 15) is 4.79 Å². The Kier molecular flexibility index (Phi) is 5.04. The van der Waals surface area contributed by atoms with Crippen LogP contribution >= 0.6 is 0 Å². The molecule has 1 N–H and O–H groups in total. The van der Waals surface area contributed by atoms with Crippen molar-refractivity contribution in [2.75, 3.05) is 6.61 Å². The molecule has 0 bridgehead atoms. The smallest absolute Gasteiger partial charge is 0.277 e. The molecule has 1 amide bonds. The molecule has 0 unspecified atom stereocenters. The zero-order valence-electron chi connectivity index (χ0n) is 12.0. The van der Waals surface area contributed by atoms with Gasteiger partial charge in [0.25, 0.3) is 5.91 Å². The lowest BCUT2D eigenvalue weighted by Gasteiger charge is -2.07. The van der Waals surface area contributed by atoms with E-state index in [1.54, 1.807) is 18.5 Å². The number of hydrogen-bond donors (Lipinski definition) is 1. The minimum Gasteiger partial charge on any atom is -0.484 e. The number of ether oxygens (including phenoxy) is 1. The molecule has 2 aromatic rings. The summed E-state index contributed by atoms with van der Waals surface area (Å²) in [6.45, 7) is 3.95. The third-order valence-corrected chi connectivity index (χ3v) is 2.94. The summed E-state index contributed by atoms with van der Waals surface area (Å²) in [5, 5.41) is 3.84. The van der Waals surface area contributed by atoms with Gasteiger partial charge in [-0.3, -0.25) is 9.78 Å². The Morgan fingerprint density at radius 1 is 1.33 bits per heavy atom. The van der Waals surface area contributed by atoms with Gasteiger partial charge in [0, 0.05) is 18.0 Å². The first-order valence-electron chi connectivity index (χ1n) is 6.57. The molecule has 0 radical (unpaired) electrons. The summed E-state index contributed by atoms with van der Waals surface area (Å²) >= 11 is 0. The average molecular weight is 283 g/mol. The topological polar surface area (TPSA) is 63.6 Å². The van der Waals surface area contributed by atoms with Crippen molar-refractivity contribution in [1.29, 1.82) is 0 Å². The summed E-state index contributed by atoms with van der Waals surface area (Å²) in [5.74, 6) is 0.359. The lowest BCUT2D eigenvalue weighted by molar-refractivity contribution is -0.123. The second-order valence-corrected chi connectivity index (χ2v) is 4.61. The summed E-state index contributed by atoms with van der Waals surface area (Å²) < 4.78 is 5.41. The van der Waals surface area contributed by atoms with Crippen molar-refractivity contribution in [3.63, 3.8) is 0 Å². The number of hydrogen-bond acceptors (Lipinski definition) is 4. The van der Waals surface area contributed by atoms with Crippen molar-refractivity contribution in [3.05, 3.63) is 59.4 Å². The van der Waals surface area contributed by atoms with Crippen molar-refractivity contribution in [3.8, 4) is 5.75 Å². The summed E-state index contributed by atoms with van der Waals surface area (Å²) in [4.78, 5) is 15.5. The number of nitrogens with one attached hydrogen (secondary N) is 1. The lowest BCUT2D eigenvalue weighted by Crippen LogP contribution is -2.24. The van der Waals surface area contributed by atoms with E-state index in [0.29, 0.717) is 5.75 Å². The number of hydrazone groups is 1. The third kappa shape index (κ3) is 4.72. The molecule has 0 saturated carbocycles. The fourth-order valence-corrected chi connectivity index (χ4v) is 1.62. The van der Waals surface area contributed by atoms with E-state index in [1.807, 2.05) is 38.1 Å². The first kappa shape index (κ1) is 14.7. The number of carbonyl (C=O) groups excluding carboxylic acids is 1. The van der Waals surface area contributed by atoms with E-state index >= 15 is 0 Å². The van der Waals surface area contributed by atoms with E-state index in [2.05, 4.69) is 15.5 Å². The fraction of sp³-hybridized carbons (Fsp3) is 0.188. The Bertz CT molecular complexity index is 639. The standard InChI is InChI=1S/C16H17N3O2/c1-12-5-6-15(8-13(12)2)21-11-16(20)19-18-10-14-4-3-7-17-9-14/h3-10H,11H2,1-2H3,(H,19,20)/b18-10-. The van der Waals surface area contributed by atoms with E-state index in [0.717, 1.165) is 11.1 Å². The van der Waals surface area contributed by atoms with E-state index in [4.69, 9.17) is 4.74 Å². The quantitative estimate of drug-likeness (QED) is 0.676. The van der Waals surface area contributed by atoms with Crippen LogP contribution in [-0.4, -0.2) is 23.7 Å². The molecule has 0 fully saturated rings. The summed E-state index contributed by atoms with van der Waals surface area (Å²) in [5.41, 5.74) is 5.53. The Morgan fingerprint density at radius 3 is 2.90 bits per heavy atom. The van der Waals surface area contributed by atoms with Crippen molar-refractivity contribution in [2.24, 2.45) is 5.10 Å². The number of aromatic nitrogens is 1. The Balaban J connectivity index is 1.79. The second kappa shape index (κ2) is 7.19. The van der Waals surface area contributed by atoms with Gasteiger partial charge in [-0.1, -0.05) is 12.1 Å². The maximum Gasteiger partial charge on any atom is 0.277 e. The minimum atomic E-state index is -0.312. The SMILES string of the molecule is Cc1ccc(OCC(=O)N/N=C\c2cccnc2)cc1C. The molecule has 108 valence electrons. The van der Waals surface area contributed by atoms with Crippen LogP contribution in [0, 0.1) is 13.8 Å². The number of pyridine rings is 1. The van der Waals surface area contributed by atoms with Gasteiger partial charge in [-0.25, -0.2) is 5.43 Å². The van der Waals surface area contributed by atoms with Crippen LogP contribution < -0.4 is 10.2 Å². The second-order valence-electron chi connectivity index (χ2n) is 4.61. The maximum absolute atomic E-state index is 11.6. The first-order chi connectivity index (χ1) is 10.1. The molecular weight excluding hydrogens is 266 g/mol. The van der Waals surface area contributed by atoms with Crippen LogP contribution in [0.15, 0.2) is 47.8 Å². The largest absolute Gasteiger partial charge is 0.484 e. The molecule has 1 heterocycles. The molecule has 2 rings (SSSR count). The highest BCUT2D eigenvalue weighted by Crippen LogP contribution is 2.16. The Labute approximate surface area is 123 Å². The molecule has 0 aliphatic carbocycles. The van der Waals surface area contributed by atoms with Crippen LogP contribution in [0.2, 0.25) is 0 Å². The number of carbonyl (C=O) groups is 1. The number of nitrogens with zero attached hydrogens (tertiary/aromatic N) is 2. The molecule has 0 aliphatic rings. The third-order valence-electron chi connectivity index (χ3n) is 2.94. The van der Waals surface area contributed by atoms with E-state index < -0.39 is 0 Å². The Morgan fingerprint density at radius 2 is 2.19 bits per heavy atom. The minimum absolute atomic E-state index is 0.0765. The van der Waals surface area contributed by atoms with Crippen LogP contribution in [0.5, 0.6) is 5.75 Å². The predicted octanol–water partition coefficient (Wildman–Crippen LogP) is 2.23. The highest BCUT2D eigenvalue weighted by Gasteiger charge is 2.02. The van der Waals surface area contributed by atoms with Gasteiger partial charge in [-0.15, -0.1) is 0 Å². The van der Waals surface area contributed by atoms with Crippen LogP contribution in [-0.2, 0) is 4.79 Å². The summed E-state index contributed by atoms with van der Waals surface area (Å²) in [6, 6.07) is 9.35. The van der Waals surface area contributed by atoms with Crippen LogP contribution in [0.25, 0.3) is 0 Å². The van der Waals surface area contributed by atoms with Gasteiger partial charge < -0.3 is 4.74 Å². The highest BCUT2D eigenvalue weighted by molar-refractivity contribution is 5.82. The van der Waals surface area contributed by atoms with Crippen molar-refractivity contribution >= 4 is 12.1 Å². The molecule has 0 atom stereocenters. The number of amides is 1. The molecule has 1 aromatic heterocycles. The van der Waals surface area contributed by atoms with Gasteiger partial charge in [-0.05, 0) is 43.2 Å². The van der Waals surface area contributed by atoms with Crippen molar-refractivity contribution in [2.45, 2.75) is 13.8 Å². The monoisotopic (exact) mass is 283 g/mol. The predicted molar refractivity (Wildman–Crippen MR) is 81.4 cm³/mol. The van der Waals surface area contributed by atoms with Gasteiger partial charge in [0.05, 0.1) is 6.21 Å². The van der Waals surface area contributed by atoms with Crippen LogP contribution in [0.3, 0.4) is 0 Å². The van der Waals surface area contributed by atoms with E-state index in [1.165, 1.54) is 11.8 Å². The zero-order chi connectivity index (χ0) is 15.1. The molecular formula is C16H17N3O2. The van der Waals surface area contributed by atoms with Gasteiger partial charge in [0.15, 0.2) is 6.61 Å². The maximum atomic E-state index is 11.6. The lowest BCUT2D eigenvalue weighted by atomic mass is 10.1. The first-order valence-corrected chi connectivity index (χ1v) is 6.57. The van der Waals surface area contributed by atoms with Gasteiger partial charge >= 0.3 is 0 Å². The molecule has 5 heteroatoms. The average Bonchev–Trinajstić information content (AvgIpc) is 2.49. The Hall–Kier alpha value is -2.69. The molecule has 1 aromatic carbocycles. The summed E-state index contributed by atoms with van der Waals surface area (Å²) in [6.07, 6.45) is 4.86. The summed E-state index contributed by atoms with van der Waals surface area (Å²) in [7, 11) is 0. The van der Waals surface area contributed by atoms with Gasteiger partial charge in [-0.2, -0.15) is 5.10 Å². The van der Waals surface area contributed by atoms with Gasteiger partial charge in [0.1, 0.15) is 5.75 Å². The normalized spacial score (nSPS) is 10.6. The van der Waals surface area contributed by atoms with Crippen molar-refractivity contribution in [1.82, 2.24) is 10.4 Å². The number of aryl methyl sites for hydroxylation is 2. The van der Waals surface area contributed by atoms with E-state index in [-0.39, 0.29) is 12.5 Å².